The van der Waals surface area contributed by atoms with E-state index in [4.69, 9.17) is 0 Å². The average molecular weight is 394 g/mol. The zero-order chi connectivity index (χ0) is 13.0. The van der Waals surface area contributed by atoms with Crippen molar-refractivity contribution in [3.63, 3.8) is 0 Å². The van der Waals surface area contributed by atoms with E-state index < -0.39 is 0 Å². The lowest BCUT2D eigenvalue weighted by Gasteiger charge is -2.32. The van der Waals surface area contributed by atoms with Gasteiger partial charge in [0.1, 0.15) is 0 Å². The molecule has 0 aliphatic carbocycles. The average Bonchev–Trinajstić information content (AvgIpc) is 2.86. The minimum Gasteiger partial charge on any atom is -0.359 e. The highest BCUT2D eigenvalue weighted by Crippen LogP contribution is 2.24. The van der Waals surface area contributed by atoms with E-state index in [1.807, 2.05) is 18.4 Å². The molecule has 0 radical (unpaired) electrons. The smallest absolute Gasteiger partial charge is 0.190 e. The van der Waals surface area contributed by atoms with Crippen LogP contribution in [0.1, 0.15) is 17.4 Å². The first-order chi connectivity index (χ1) is 8.74. The van der Waals surface area contributed by atoms with Crippen LogP contribution in [0.2, 0.25) is 0 Å². The van der Waals surface area contributed by atoms with Crippen LogP contribution in [0.25, 0.3) is 0 Å². The van der Waals surface area contributed by atoms with Crippen LogP contribution in [0.5, 0.6) is 0 Å². The molecule has 19 heavy (non-hydrogen) atoms. The number of hydrogen-bond acceptors (Lipinski definition) is 3. The van der Waals surface area contributed by atoms with Crippen molar-refractivity contribution < 1.29 is 0 Å². The molecule has 0 amide bonds. The molecule has 1 aromatic rings. The van der Waals surface area contributed by atoms with Crippen molar-refractivity contribution in [2.75, 3.05) is 27.2 Å². The molecular weight excluding hydrogens is 371 g/mol. The molecule has 4 nitrogen and oxygen atoms in total. The Labute approximate surface area is 136 Å². The Bertz CT molecular complexity index is 419. The zero-order valence-corrected chi connectivity index (χ0v) is 14.9. The topological polar surface area (TPSA) is 39.7 Å². The van der Waals surface area contributed by atoms with Gasteiger partial charge in [0, 0.05) is 44.6 Å². The number of rotatable bonds is 3. The fourth-order valence-corrected chi connectivity index (χ4v) is 3.19. The maximum absolute atomic E-state index is 4.13. The molecule has 1 aromatic heterocycles. The highest BCUT2D eigenvalue weighted by molar-refractivity contribution is 14.0. The maximum Gasteiger partial charge on any atom is 0.190 e. The largest absolute Gasteiger partial charge is 0.359 e. The quantitative estimate of drug-likeness (QED) is 0.468. The molecule has 2 rings (SSSR count). The highest BCUT2D eigenvalue weighted by Gasteiger charge is 2.21. The molecule has 0 spiro atoms. The number of halogens is 1. The molecule has 0 fully saturated rings. The summed E-state index contributed by atoms with van der Waals surface area (Å²) in [5.41, 5.74) is 1.51. The Morgan fingerprint density at radius 2 is 2.37 bits per heavy atom. The van der Waals surface area contributed by atoms with E-state index in [-0.39, 0.29) is 24.0 Å². The molecule has 6 heteroatoms. The minimum atomic E-state index is 0. The molecule has 1 aliphatic rings. The lowest BCUT2D eigenvalue weighted by atomic mass is 10.1. The summed E-state index contributed by atoms with van der Waals surface area (Å²) in [7, 11) is 3.68. The molecule has 0 saturated carbocycles. The molecule has 0 aromatic carbocycles. The lowest BCUT2D eigenvalue weighted by molar-refractivity contribution is 0.192. The fraction of sp³-hybridized carbons (Fsp3) is 0.615. The first kappa shape index (κ1) is 16.7. The monoisotopic (exact) mass is 394 g/mol. The van der Waals surface area contributed by atoms with E-state index >= 15 is 0 Å². The summed E-state index contributed by atoms with van der Waals surface area (Å²) >= 11 is 1.89. The minimum absolute atomic E-state index is 0. The summed E-state index contributed by atoms with van der Waals surface area (Å²) in [4.78, 5) is 8.23. The Kier molecular flexibility index (Phi) is 7.09. The number of fused-ring (bicyclic) bond motifs is 1. The zero-order valence-electron chi connectivity index (χ0n) is 11.8. The Balaban J connectivity index is 0.00000180. The van der Waals surface area contributed by atoms with Crippen molar-refractivity contribution in [2.45, 2.75) is 25.9 Å². The second kappa shape index (κ2) is 8.06. The summed E-state index contributed by atoms with van der Waals surface area (Å²) in [6.07, 6.45) is 1.19. The van der Waals surface area contributed by atoms with E-state index in [1.54, 1.807) is 11.9 Å². The predicted octanol–water partition coefficient (Wildman–Crippen LogP) is 1.91. The van der Waals surface area contributed by atoms with Crippen LogP contribution in [-0.2, 0) is 13.0 Å². The van der Waals surface area contributed by atoms with Gasteiger partial charge in [-0.05, 0) is 30.4 Å². The number of nitrogens with one attached hydrogen (secondary N) is 2. The standard InChI is InChI=1S/C13H22N4S.HI/c1-10(8-16-13(14-2)15-3)17-6-4-12-11(9-17)5-7-18-12;/h5,7,10H,4,6,8-9H2,1-3H3,(H2,14,15,16);1H. The van der Waals surface area contributed by atoms with Crippen LogP contribution < -0.4 is 10.6 Å². The van der Waals surface area contributed by atoms with Crippen LogP contribution >= 0.6 is 35.3 Å². The van der Waals surface area contributed by atoms with E-state index in [2.05, 4.69) is 38.9 Å². The molecule has 0 bridgehead atoms. The second-order valence-corrected chi connectivity index (χ2v) is 5.64. The van der Waals surface area contributed by atoms with Gasteiger partial charge in [0.05, 0.1) is 0 Å². The van der Waals surface area contributed by atoms with Crippen LogP contribution in [0.15, 0.2) is 16.4 Å². The van der Waals surface area contributed by atoms with Crippen LogP contribution in [0.4, 0.5) is 0 Å². The van der Waals surface area contributed by atoms with Crippen molar-refractivity contribution >= 4 is 41.3 Å². The third-order valence-electron chi connectivity index (χ3n) is 3.49. The lowest BCUT2D eigenvalue weighted by Crippen LogP contribution is -2.46. The molecule has 108 valence electrons. The summed E-state index contributed by atoms with van der Waals surface area (Å²) < 4.78 is 0. The van der Waals surface area contributed by atoms with Crippen LogP contribution in [0, 0.1) is 0 Å². The molecule has 0 saturated heterocycles. The van der Waals surface area contributed by atoms with Crippen molar-refractivity contribution in [2.24, 2.45) is 4.99 Å². The number of hydrogen-bond donors (Lipinski definition) is 2. The SMILES string of the molecule is CN=C(NC)NCC(C)N1CCc2sccc2C1.I. The normalized spacial score (nSPS) is 17.3. The molecule has 1 unspecified atom stereocenters. The van der Waals surface area contributed by atoms with Crippen molar-refractivity contribution in [3.05, 3.63) is 21.9 Å². The predicted molar refractivity (Wildman–Crippen MR) is 93.7 cm³/mol. The van der Waals surface area contributed by atoms with Gasteiger partial charge in [-0.15, -0.1) is 35.3 Å². The third-order valence-corrected chi connectivity index (χ3v) is 4.51. The van der Waals surface area contributed by atoms with Gasteiger partial charge < -0.3 is 10.6 Å². The van der Waals surface area contributed by atoms with E-state index in [1.165, 1.54) is 12.0 Å². The van der Waals surface area contributed by atoms with Gasteiger partial charge in [-0.25, -0.2) is 0 Å². The second-order valence-electron chi connectivity index (χ2n) is 4.64. The number of nitrogens with zero attached hydrogens (tertiary/aromatic N) is 2. The number of thiophene rings is 1. The molecule has 1 atom stereocenters. The van der Waals surface area contributed by atoms with Gasteiger partial charge in [0.2, 0.25) is 0 Å². The highest BCUT2D eigenvalue weighted by atomic mass is 127. The van der Waals surface area contributed by atoms with Gasteiger partial charge in [0.15, 0.2) is 5.96 Å². The Morgan fingerprint density at radius 3 is 3.05 bits per heavy atom. The summed E-state index contributed by atoms with van der Waals surface area (Å²) in [5, 5.41) is 8.59. The maximum atomic E-state index is 4.13. The van der Waals surface area contributed by atoms with Gasteiger partial charge in [-0.1, -0.05) is 0 Å². The number of aliphatic imine (C=N–C) groups is 1. The van der Waals surface area contributed by atoms with Crippen molar-refractivity contribution in [1.82, 2.24) is 15.5 Å². The Morgan fingerprint density at radius 1 is 1.58 bits per heavy atom. The fourth-order valence-electron chi connectivity index (χ4n) is 2.30. The molecule has 1 aliphatic heterocycles. The third kappa shape index (κ3) is 4.32. The number of guanidine groups is 1. The molecular formula is C13H23IN4S. The Hall–Kier alpha value is -0.340. The first-order valence-corrected chi connectivity index (χ1v) is 7.30. The van der Waals surface area contributed by atoms with Gasteiger partial charge in [0.25, 0.3) is 0 Å². The van der Waals surface area contributed by atoms with Gasteiger partial charge in [-0.2, -0.15) is 0 Å². The van der Waals surface area contributed by atoms with E-state index in [0.717, 1.165) is 25.6 Å². The molecule has 2 heterocycles. The van der Waals surface area contributed by atoms with E-state index in [9.17, 15) is 0 Å². The van der Waals surface area contributed by atoms with Crippen LogP contribution in [-0.4, -0.2) is 44.1 Å². The van der Waals surface area contributed by atoms with Crippen molar-refractivity contribution in [3.8, 4) is 0 Å². The van der Waals surface area contributed by atoms with Crippen LogP contribution in [0.3, 0.4) is 0 Å². The molecule has 2 N–H and O–H groups in total. The first-order valence-electron chi connectivity index (χ1n) is 6.42. The van der Waals surface area contributed by atoms with Gasteiger partial charge >= 0.3 is 0 Å². The van der Waals surface area contributed by atoms with E-state index in [0.29, 0.717) is 6.04 Å². The summed E-state index contributed by atoms with van der Waals surface area (Å²) in [6, 6.07) is 2.78. The van der Waals surface area contributed by atoms with Crippen molar-refractivity contribution in [1.29, 1.82) is 0 Å². The summed E-state index contributed by atoms with van der Waals surface area (Å²) in [6.45, 7) is 5.44. The summed E-state index contributed by atoms with van der Waals surface area (Å²) in [5.74, 6) is 0.857. The van der Waals surface area contributed by atoms with Gasteiger partial charge in [-0.3, -0.25) is 9.89 Å².